The zero-order chi connectivity index (χ0) is 27.2. The molecule has 200 valence electrons. The summed E-state index contributed by atoms with van der Waals surface area (Å²) in [6, 6.07) is 21.4. The van der Waals surface area contributed by atoms with Crippen molar-refractivity contribution in [1.29, 1.82) is 0 Å². The monoisotopic (exact) mass is 526 g/mol. The van der Waals surface area contributed by atoms with E-state index in [0.29, 0.717) is 26.3 Å². The van der Waals surface area contributed by atoms with Crippen LogP contribution in [0.15, 0.2) is 83.2 Å². The van der Waals surface area contributed by atoms with Crippen LogP contribution in [-0.4, -0.2) is 40.9 Å². The number of benzene rings is 3. The molecular weight excluding hydrogens is 495 g/mol. The van der Waals surface area contributed by atoms with Crippen molar-refractivity contribution in [3.05, 3.63) is 89.9 Å². The number of morpholine rings is 1. The Bertz CT molecular complexity index is 1460. The first-order valence-corrected chi connectivity index (χ1v) is 13.0. The SMILES string of the molecule is CCC1COCCN1c1nc(N=NCc2ccc(Nc3ccc(-c4cccc(O)c4)cc3)cc2C)ncc1F. The molecule has 1 fully saturated rings. The molecule has 1 saturated heterocycles. The molecule has 0 spiro atoms. The topological polar surface area (TPSA) is 95.2 Å². The normalized spacial score (nSPS) is 15.6. The van der Waals surface area contributed by atoms with Crippen LogP contribution in [0.25, 0.3) is 11.1 Å². The number of anilines is 3. The Balaban J connectivity index is 1.22. The minimum atomic E-state index is -0.470. The molecule has 9 heteroatoms. The minimum Gasteiger partial charge on any atom is -0.508 e. The van der Waals surface area contributed by atoms with Crippen LogP contribution in [0, 0.1) is 12.7 Å². The first-order valence-electron chi connectivity index (χ1n) is 13.0. The number of ether oxygens (including phenoxy) is 1. The first-order chi connectivity index (χ1) is 19.0. The van der Waals surface area contributed by atoms with E-state index in [2.05, 4.69) is 31.6 Å². The molecule has 3 aromatic carbocycles. The molecule has 1 unspecified atom stereocenters. The van der Waals surface area contributed by atoms with Crippen molar-refractivity contribution in [1.82, 2.24) is 9.97 Å². The van der Waals surface area contributed by atoms with Crippen LogP contribution < -0.4 is 10.2 Å². The summed E-state index contributed by atoms with van der Waals surface area (Å²) >= 11 is 0. The molecule has 2 N–H and O–H groups in total. The van der Waals surface area contributed by atoms with Crippen molar-refractivity contribution < 1.29 is 14.2 Å². The maximum Gasteiger partial charge on any atom is 0.270 e. The number of aryl methyl sites for hydroxylation is 1. The number of phenols is 1. The number of hydrogen-bond acceptors (Lipinski definition) is 8. The van der Waals surface area contributed by atoms with Crippen LogP contribution in [0.1, 0.15) is 24.5 Å². The third kappa shape index (κ3) is 6.38. The lowest BCUT2D eigenvalue weighted by molar-refractivity contribution is 0.0921. The second-order valence-corrected chi connectivity index (χ2v) is 9.47. The number of rotatable bonds is 8. The Morgan fingerprint density at radius 1 is 1.08 bits per heavy atom. The standard InChI is InChI=1S/C30H31FN6O2/c1-3-26-19-39-14-13-37(26)29-28(31)18-32-30(35-29)36-33-17-23-9-12-25(15-20(23)2)34-24-10-7-21(8-11-24)22-5-4-6-27(38)16-22/h4-12,15-16,18,26,34,38H,3,13-14,17,19H2,1-2H3. The molecule has 0 radical (unpaired) electrons. The van der Waals surface area contributed by atoms with Gasteiger partial charge >= 0.3 is 0 Å². The van der Waals surface area contributed by atoms with Gasteiger partial charge in [-0.2, -0.15) is 10.1 Å². The Morgan fingerprint density at radius 3 is 2.67 bits per heavy atom. The predicted molar refractivity (Wildman–Crippen MR) is 150 cm³/mol. The number of nitrogens with one attached hydrogen (secondary N) is 1. The van der Waals surface area contributed by atoms with E-state index in [-0.39, 0.29) is 23.6 Å². The smallest absolute Gasteiger partial charge is 0.270 e. The minimum absolute atomic E-state index is 0.0685. The molecule has 5 rings (SSSR count). The van der Waals surface area contributed by atoms with Crippen LogP contribution in [0.5, 0.6) is 5.75 Å². The number of phenolic OH excluding ortho intramolecular Hbond substituents is 1. The van der Waals surface area contributed by atoms with Crippen molar-refractivity contribution in [3.63, 3.8) is 0 Å². The molecule has 1 atom stereocenters. The van der Waals surface area contributed by atoms with Crippen LogP contribution >= 0.6 is 0 Å². The summed E-state index contributed by atoms with van der Waals surface area (Å²) < 4.78 is 20.0. The lowest BCUT2D eigenvalue weighted by Gasteiger charge is -2.35. The predicted octanol–water partition coefficient (Wildman–Crippen LogP) is 6.94. The Labute approximate surface area is 227 Å². The summed E-state index contributed by atoms with van der Waals surface area (Å²) in [5.41, 5.74) is 5.99. The van der Waals surface area contributed by atoms with E-state index in [1.165, 1.54) is 0 Å². The number of aromatic hydroxyl groups is 1. The van der Waals surface area contributed by atoms with E-state index in [9.17, 15) is 9.50 Å². The zero-order valence-electron chi connectivity index (χ0n) is 22.0. The van der Waals surface area contributed by atoms with Crippen LogP contribution in [0.2, 0.25) is 0 Å². The van der Waals surface area contributed by atoms with E-state index >= 15 is 0 Å². The molecule has 0 amide bonds. The second-order valence-electron chi connectivity index (χ2n) is 9.47. The summed E-state index contributed by atoms with van der Waals surface area (Å²) in [6.07, 6.45) is 1.98. The van der Waals surface area contributed by atoms with Gasteiger partial charge in [-0.1, -0.05) is 37.3 Å². The summed E-state index contributed by atoms with van der Waals surface area (Å²) in [5.74, 6) is 0.161. The average Bonchev–Trinajstić information content (AvgIpc) is 2.95. The highest BCUT2D eigenvalue weighted by Crippen LogP contribution is 2.27. The van der Waals surface area contributed by atoms with Gasteiger partial charge in [0.1, 0.15) is 5.75 Å². The fourth-order valence-corrected chi connectivity index (χ4v) is 4.59. The lowest BCUT2D eigenvalue weighted by Crippen LogP contribution is -2.46. The molecule has 0 aliphatic carbocycles. The summed E-state index contributed by atoms with van der Waals surface area (Å²) in [5, 5.41) is 21.6. The number of azo groups is 1. The molecule has 39 heavy (non-hydrogen) atoms. The highest BCUT2D eigenvalue weighted by Gasteiger charge is 2.25. The van der Waals surface area contributed by atoms with E-state index in [1.807, 2.05) is 67.3 Å². The Kier molecular flexibility index (Phi) is 8.07. The fraction of sp³-hybridized carbons (Fsp3) is 0.267. The summed E-state index contributed by atoms with van der Waals surface area (Å²) in [6.45, 7) is 6.08. The average molecular weight is 527 g/mol. The van der Waals surface area contributed by atoms with Crippen molar-refractivity contribution >= 4 is 23.1 Å². The lowest BCUT2D eigenvalue weighted by atomic mass is 10.0. The molecule has 1 aromatic heterocycles. The third-order valence-corrected chi connectivity index (χ3v) is 6.78. The van der Waals surface area contributed by atoms with Gasteiger partial charge in [-0.25, -0.2) is 9.37 Å². The van der Waals surface area contributed by atoms with E-state index in [1.54, 1.807) is 12.1 Å². The third-order valence-electron chi connectivity index (χ3n) is 6.78. The largest absolute Gasteiger partial charge is 0.508 e. The molecule has 0 saturated carbocycles. The molecule has 4 aromatic rings. The van der Waals surface area contributed by atoms with Gasteiger partial charge < -0.3 is 20.1 Å². The van der Waals surface area contributed by atoms with Crippen LogP contribution in [-0.2, 0) is 11.3 Å². The van der Waals surface area contributed by atoms with E-state index in [4.69, 9.17) is 4.74 Å². The zero-order valence-corrected chi connectivity index (χ0v) is 22.0. The first kappa shape index (κ1) is 26.2. The van der Waals surface area contributed by atoms with Gasteiger partial charge in [0.25, 0.3) is 5.95 Å². The van der Waals surface area contributed by atoms with Gasteiger partial charge in [0, 0.05) is 17.9 Å². The highest BCUT2D eigenvalue weighted by atomic mass is 19.1. The van der Waals surface area contributed by atoms with Gasteiger partial charge in [-0.3, -0.25) is 0 Å². The van der Waals surface area contributed by atoms with Gasteiger partial charge in [-0.05, 0) is 72.0 Å². The van der Waals surface area contributed by atoms with E-state index < -0.39 is 5.82 Å². The van der Waals surface area contributed by atoms with Crippen molar-refractivity contribution in [2.24, 2.45) is 10.2 Å². The fourth-order valence-electron chi connectivity index (χ4n) is 4.59. The molecule has 1 aliphatic rings. The molecule has 0 bridgehead atoms. The Morgan fingerprint density at radius 2 is 1.90 bits per heavy atom. The summed E-state index contributed by atoms with van der Waals surface area (Å²) in [4.78, 5) is 10.3. The molecular formula is C30H31FN6O2. The maximum atomic E-state index is 14.5. The van der Waals surface area contributed by atoms with Gasteiger partial charge in [-0.15, -0.1) is 5.11 Å². The van der Waals surface area contributed by atoms with Crippen LogP contribution in [0.3, 0.4) is 0 Å². The quantitative estimate of drug-likeness (QED) is 0.242. The number of aromatic nitrogens is 2. The van der Waals surface area contributed by atoms with E-state index in [0.717, 1.165) is 46.2 Å². The van der Waals surface area contributed by atoms with Crippen molar-refractivity contribution in [3.8, 4) is 16.9 Å². The molecule has 2 heterocycles. The maximum absolute atomic E-state index is 14.5. The van der Waals surface area contributed by atoms with Gasteiger partial charge in [0.05, 0.1) is 32.0 Å². The van der Waals surface area contributed by atoms with Gasteiger partial charge in [0.2, 0.25) is 0 Å². The highest BCUT2D eigenvalue weighted by molar-refractivity contribution is 5.69. The van der Waals surface area contributed by atoms with Crippen LogP contribution in [0.4, 0.5) is 27.5 Å². The van der Waals surface area contributed by atoms with Gasteiger partial charge in [0.15, 0.2) is 11.6 Å². The van der Waals surface area contributed by atoms with Crippen molar-refractivity contribution in [2.75, 3.05) is 30.0 Å². The number of halogens is 1. The molecule has 8 nitrogen and oxygen atoms in total. The summed E-state index contributed by atoms with van der Waals surface area (Å²) in [7, 11) is 0. The Hall–Kier alpha value is -4.37. The molecule has 1 aliphatic heterocycles. The number of nitrogens with zero attached hydrogens (tertiary/aromatic N) is 5. The second kappa shape index (κ2) is 12.0. The number of hydrogen-bond donors (Lipinski definition) is 2. The van der Waals surface area contributed by atoms with Crippen molar-refractivity contribution in [2.45, 2.75) is 32.9 Å².